The molecule has 2 aromatic rings. The molecule has 0 saturated carbocycles. The third-order valence-electron chi connectivity index (χ3n) is 2.34. The molecule has 0 aliphatic carbocycles. The Balaban J connectivity index is 2.05. The molecule has 1 aromatic carbocycles. The Kier molecular flexibility index (Phi) is 4.69. The molecule has 0 amide bonds. The highest BCUT2D eigenvalue weighted by molar-refractivity contribution is 6.42. The van der Waals surface area contributed by atoms with Crippen LogP contribution in [0, 0.1) is 0 Å². The number of nitrogens with zero attached hydrogens (tertiary/aromatic N) is 1. The Morgan fingerprint density at radius 1 is 1.37 bits per heavy atom. The first-order valence-corrected chi connectivity index (χ1v) is 6.61. The number of aromatic nitrogens is 1. The lowest BCUT2D eigenvalue weighted by atomic mass is 10.3. The molecular weight excluding hydrogens is 287 g/mol. The number of rotatable bonds is 5. The van der Waals surface area contributed by atoms with Crippen molar-refractivity contribution in [1.82, 2.24) is 10.3 Å². The molecule has 19 heavy (non-hydrogen) atoms. The average Bonchev–Trinajstić information content (AvgIpc) is 2.80. The summed E-state index contributed by atoms with van der Waals surface area (Å²) >= 11 is 11.9. The summed E-state index contributed by atoms with van der Waals surface area (Å²) in [5, 5.41) is 4.00. The van der Waals surface area contributed by atoms with Crippen LogP contribution in [0.2, 0.25) is 10.0 Å². The topological polar surface area (TPSA) is 47.3 Å². The van der Waals surface area contributed by atoms with Crippen LogP contribution in [0.1, 0.15) is 19.5 Å². The predicted molar refractivity (Wildman–Crippen MR) is 75.0 cm³/mol. The van der Waals surface area contributed by atoms with Gasteiger partial charge in [0, 0.05) is 12.6 Å². The lowest BCUT2D eigenvalue weighted by Crippen LogP contribution is -2.21. The normalized spacial score (nSPS) is 11.0. The minimum atomic E-state index is 0.143. The van der Waals surface area contributed by atoms with Gasteiger partial charge in [0.25, 0.3) is 0 Å². The Morgan fingerprint density at radius 2 is 2.16 bits per heavy atom. The van der Waals surface area contributed by atoms with Crippen LogP contribution < -0.4 is 10.1 Å². The molecule has 4 nitrogen and oxygen atoms in total. The Hall–Kier alpha value is -1.23. The van der Waals surface area contributed by atoms with Crippen molar-refractivity contribution in [3.63, 3.8) is 0 Å². The highest BCUT2D eigenvalue weighted by atomic mass is 35.5. The van der Waals surface area contributed by atoms with E-state index in [-0.39, 0.29) is 6.08 Å². The number of halogens is 2. The third kappa shape index (κ3) is 3.86. The van der Waals surface area contributed by atoms with Crippen molar-refractivity contribution in [1.29, 1.82) is 0 Å². The molecule has 2 rings (SSSR count). The van der Waals surface area contributed by atoms with Gasteiger partial charge in [-0.1, -0.05) is 43.1 Å². The molecule has 1 heterocycles. The predicted octanol–water partition coefficient (Wildman–Crippen LogP) is 4.27. The zero-order valence-corrected chi connectivity index (χ0v) is 12.1. The molecule has 1 N–H and O–H groups in total. The summed E-state index contributed by atoms with van der Waals surface area (Å²) in [6, 6.07) is 5.51. The van der Waals surface area contributed by atoms with Gasteiger partial charge in [-0.25, -0.2) is 0 Å². The van der Waals surface area contributed by atoms with E-state index in [4.69, 9.17) is 32.4 Å². The van der Waals surface area contributed by atoms with E-state index in [0.29, 0.717) is 28.4 Å². The van der Waals surface area contributed by atoms with Crippen LogP contribution in [0.5, 0.6) is 11.8 Å². The van der Waals surface area contributed by atoms with Crippen molar-refractivity contribution < 1.29 is 9.15 Å². The van der Waals surface area contributed by atoms with Gasteiger partial charge >= 0.3 is 6.08 Å². The number of oxazole rings is 1. The second kappa shape index (κ2) is 6.28. The van der Waals surface area contributed by atoms with E-state index in [0.717, 1.165) is 5.69 Å². The van der Waals surface area contributed by atoms with Gasteiger partial charge in [-0.05, 0) is 12.1 Å². The number of hydrogen-bond acceptors (Lipinski definition) is 4. The van der Waals surface area contributed by atoms with Gasteiger partial charge in [-0.15, -0.1) is 0 Å². The van der Waals surface area contributed by atoms with Crippen LogP contribution in [-0.4, -0.2) is 11.0 Å². The van der Waals surface area contributed by atoms with Crippen LogP contribution in [0.15, 0.2) is 28.9 Å². The fourth-order valence-corrected chi connectivity index (χ4v) is 1.71. The number of benzene rings is 1. The lowest BCUT2D eigenvalue weighted by Gasteiger charge is -2.04. The zero-order chi connectivity index (χ0) is 13.8. The molecule has 0 spiro atoms. The molecule has 6 heteroatoms. The van der Waals surface area contributed by atoms with Crippen LogP contribution in [-0.2, 0) is 6.54 Å². The van der Waals surface area contributed by atoms with Crippen molar-refractivity contribution in [3.05, 3.63) is 40.2 Å². The average molecular weight is 301 g/mol. The Labute approximate surface area is 121 Å². The van der Waals surface area contributed by atoms with Crippen LogP contribution in [0.25, 0.3) is 0 Å². The quantitative estimate of drug-likeness (QED) is 0.895. The first-order valence-electron chi connectivity index (χ1n) is 5.86. The summed E-state index contributed by atoms with van der Waals surface area (Å²) in [6.07, 6.45) is 1.69. The molecule has 0 saturated heterocycles. The van der Waals surface area contributed by atoms with Crippen molar-refractivity contribution >= 4 is 23.2 Å². The van der Waals surface area contributed by atoms with Crippen LogP contribution in [0.3, 0.4) is 0 Å². The van der Waals surface area contributed by atoms with E-state index in [1.165, 1.54) is 0 Å². The van der Waals surface area contributed by atoms with Gasteiger partial charge in [0.05, 0.1) is 10.7 Å². The maximum atomic E-state index is 6.01. The standard InChI is InChI=1S/C13H14Cl2N2O2/c1-8(2)16-6-9-7-18-13(17-9)19-11-5-3-4-10(14)12(11)15/h3-5,7-8,16H,6H2,1-2H3. The molecule has 0 radical (unpaired) electrons. The smallest absolute Gasteiger partial charge is 0.399 e. The Morgan fingerprint density at radius 3 is 2.89 bits per heavy atom. The molecule has 0 aliphatic rings. The number of nitrogens with one attached hydrogen (secondary N) is 1. The molecule has 0 aliphatic heterocycles. The van der Waals surface area contributed by atoms with Crippen molar-refractivity contribution in [2.45, 2.75) is 26.4 Å². The van der Waals surface area contributed by atoms with Crippen molar-refractivity contribution in [2.75, 3.05) is 0 Å². The minimum Gasteiger partial charge on any atom is -0.417 e. The summed E-state index contributed by atoms with van der Waals surface area (Å²) in [5.74, 6) is 0.416. The van der Waals surface area contributed by atoms with Gasteiger partial charge in [-0.2, -0.15) is 4.98 Å². The zero-order valence-electron chi connectivity index (χ0n) is 10.6. The summed E-state index contributed by atoms with van der Waals surface area (Å²) in [4.78, 5) is 4.20. The summed E-state index contributed by atoms with van der Waals surface area (Å²) in [6.45, 7) is 4.74. The van der Waals surface area contributed by atoms with Crippen LogP contribution in [0.4, 0.5) is 0 Å². The van der Waals surface area contributed by atoms with E-state index in [2.05, 4.69) is 24.1 Å². The first-order chi connectivity index (χ1) is 9.06. The van der Waals surface area contributed by atoms with Crippen molar-refractivity contribution in [3.8, 4) is 11.8 Å². The fraction of sp³-hybridized carbons (Fsp3) is 0.308. The molecule has 0 atom stereocenters. The van der Waals surface area contributed by atoms with E-state index in [1.807, 2.05) is 0 Å². The molecule has 0 bridgehead atoms. The molecule has 0 fully saturated rings. The monoisotopic (exact) mass is 300 g/mol. The summed E-state index contributed by atoms with van der Waals surface area (Å²) in [7, 11) is 0. The minimum absolute atomic E-state index is 0.143. The first kappa shape index (κ1) is 14.2. The van der Waals surface area contributed by atoms with Gasteiger partial charge in [-0.3, -0.25) is 0 Å². The fourth-order valence-electron chi connectivity index (χ4n) is 1.38. The van der Waals surface area contributed by atoms with E-state index in [9.17, 15) is 0 Å². The molecule has 1 aromatic heterocycles. The van der Waals surface area contributed by atoms with Gasteiger partial charge < -0.3 is 14.5 Å². The second-order valence-electron chi connectivity index (χ2n) is 4.29. The Bertz CT molecular complexity index is 555. The third-order valence-corrected chi connectivity index (χ3v) is 3.14. The molecule has 0 unspecified atom stereocenters. The SMILES string of the molecule is CC(C)NCc1coc(Oc2cccc(Cl)c2Cl)n1. The maximum Gasteiger partial charge on any atom is 0.399 e. The highest BCUT2D eigenvalue weighted by Gasteiger charge is 2.11. The summed E-state index contributed by atoms with van der Waals surface area (Å²) in [5.41, 5.74) is 0.766. The highest BCUT2D eigenvalue weighted by Crippen LogP contribution is 2.34. The van der Waals surface area contributed by atoms with E-state index >= 15 is 0 Å². The van der Waals surface area contributed by atoms with Gasteiger partial charge in [0.2, 0.25) is 0 Å². The molecule has 102 valence electrons. The maximum absolute atomic E-state index is 6.01. The number of hydrogen-bond donors (Lipinski definition) is 1. The second-order valence-corrected chi connectivity index (χ2v) is 5.08. The van der Waals surface area contributed by atoms with Crippen molar-refractivity contribution in [2.24, 2.45) is 0 Å². The molecular formula is C13H14Cl2N2O2. The van der Waals surface area contributed by atoms with E-state index < -0.39 is 0 Å². The van der Waals surface area contributed by atoms with Crippen LogP contribution >= 0.6 is 23.2 Å². The number of ether oxygens (including phenoxy) is 1. The largest absolute Gasteiger partial charge is 0.417 e. The lowest BCUT2D eigenvalue weighted by molar-refractivity contribution is 0.331. The van der Waals surface area contributed by atoms with Gasteiger partial charge in [0.15, 0.2) is 5.75 Å². The van der Waals surface area contributed by atoms with E-state index in [1.54, 1.807) is 24.5 Å². The summed E-state index contributed by atoms with van der Waals surface area (Å²) < 4.78 is 10.7. The van der Waals surface area contributed by atoms with Gasteiger partial charge in [0.1, 0.15) is 11.3 Å².